The smallest absolute Gasteiger partial charge is 0.233 e. The topological polar surface area (TPSA) is 66.5 Å². The molecule has 0 unspecified atom stereocenters. The molecule has 3 amide bonds. The van der Waals surface area contributed by atoms with Crippen LogP contribution in [-0.4, -0.2) is 29.2 Å². The number of likely N-dealkylation sites (tertiary alicyclic amines) is 1. The SMILES string of the molecule is O=C(CCN1C(=O)[C@H]2[C@H]3CC[C@@H](C3)[C@@H]2C1=O)Nc1cccc(Cl)c1. The normalized spacial score (nSPS) is 30.8. The van der Waals surface area contributed by atoms with Gasteiger partial charge in [0.05, 0.1) is 11.8 Å². The zero-order valence-corrected chi connectivity index (χ0v) is 14.0. The molecule has 2 aliphatic carbocycles. The van der Waals surface area contributed by atoms with Gasteiger partial charge in [0.1, 0.15) is 0 Å². The lowest BCUT2D eigenvalue weighted by Gasteiger charge is -2.19. The van der Waals surface area contributed by atoms with E-state index in [1.807, 2.05) is 0 Å². The van der Waals surface area contributed by atoms with Crippen LogP contribution in [0.15, 0.2) is 24.3 Å². The summed E-state index contributed by atoms with van der Waals surface area (Å²) >= 11 is 5.89. The van der Waals surface area contributed by atoms with Gasteiger partial charge in [0, 0.05) is 23.7 Å². The number of fused-ring (bicyclic) bond motifs is 5. The molecule has 24 heavy (non-hydrogen) atoms. The van der Waals surface area contributed by atoms with E-state index in [4.69, 9.17) is 11.6 Å². The molecule has 1 heterocycles. The lowest BCUT2D eigenvalue weighted by molar-refractivity contribution is -0.140. The molecule has 0 radical (unpaired) electrons. The van der Waals surface area contributed by atoms with Crippen molar-refractivity contribution in [1.29, 1.82) is 0 Å². The van der Waals surface area contributed by atoms with Crippen LogP contribution in [0.1, 0.15) is 25.7 Å². The summed E-state index contributed by atoms with van der Waals surface area (Å²) in [7, 11) is 0. The third-order valence-electron chi connectivity index (χ3n) is 5.69. The Hall–Kier alpha value is -1.88. The monoisotopic (exact) mass is 346 g/mol. The minimum Gasteiger partial charge on any atom is -0.326 e. The fourth-order valence-electron chi connectivity index (χ4n) is 4.69. The molecule has 1 saturated heterocycles. The zero-order chi connectivity index (χ0) is 16.8. The molecule has 1 aromatic carbocycles. The summed E-state index contributed by atoms with van der Waals surface area (Å²) < 4.78 is 0. The molecule has 3 fully saturated rings. The predicted molar refractivity (Wildman–Crippen MR) is 89.2 cm³/mol. The molecule has 126 valence electrons. The summed E-state index contributed by atoms with van der Waals surface area (Å²) in [6.07, 6.45) is 3.26. The van der Waals surface area contributed by atoms with E-state index in [1.165, 1.54) is 4.90 Å². The first kappa shape index (κ1) is 15.6. The van der Waals surface area contributed by atoms with Crippen LogP contribution in [0.3, 0.4) is 0 Å². The highest BCUT2D eigenvalue weighted by Gasteiger charge is 2.60. The van der Waals surface area contributed by atoms with Gasteiger partial charge in [-0.3, -0.25) is 19.3 Å². The Kier molecular flexibility index (Phi) is 3.83. The molecule has 1 aromatic rings. The first-order valence-electron chi connectivity index (χ1n) is 8.45. The molecule has 1 aliphatic heterocycles. The van der Waals surface area contributed by atoms with Crippen molar-refractivity contribution in [2.24, 2.45) is 23.7 Å². The average Bonchev–Trinajstić information content (AvgIpc) is 3.20. The van der Waals surface area contributed by atoms with Gasteiger partial charge in [-0.15, -0.1) is 0 Å². The van der Waals surface area contributed by atoms with E-state index in [0.29, 0.717) is 22.5 Å². The Labute approximate surface area is 145 Å². The molecule has 4 atom stereocenters. The summed E-state index contributed by atoms with van der Waals surface area (Å²) in [4.78, 5) is 38.5. The molecule has 6 heteroatoms. The minimum absolute atomic E-state index is 0.0623. The lowest BCUT2D eigenvalue weighted by Crippen LogP contribution is -2.35. The van der Waals surface area contributed by atoms with E-state index in [2.05, 4.69) is 5.32 Å². The molecule has 4 rings (SSSR count). The van der Waals surface area contributed by atoms with Gasteiger partial charge in [-0.25, -0.2) is 0 Å². The number of nitrogens with zero attached hydrogens (tertiary/aromatic N) is 1. The predicted octanol–water partition coefficient (Wildman–Crippen LogP) is 2.70. The van der Waals surface area contributed by atoms with Crippen molar-refractivity contribution in [3.05, 3.63) is 29.3 Å². The molecule has 2 saturated carbocycles. The maximum Gasteiger partial charge on any atom is 0.233 e. The fraction of sp³-hybridized carbons (Fsp3) is 0.500. The number of hydrogen-bond donors (Lipinski definition) is 1. The molecule has 5 nitrogen and oxygen atoms in total. The molecular formula is C18H19ClN2O3. The summed E-state index contributed by atoms with van der Waals surface area (Å²) in [5.74, 6) is 0.168. The summed E-state index contributed by atoms with van der Waals surface area (Å²) in [6, 6.07) is 6.89. The van der Waals surface area contributed by atoms with Gasteiger partial charge < -0.3 is 5.32 Å². The van der Waals surface area contributed by atoms with Gasteiger partial charge in [-0.1, -0.05) is 17.7 Å². The van der Waals surface area contributed by atoms with Gasteiger partial charge in [-0.2, -0.15) is 0 Å². The van der Waals surface area contributed by atoms with E-state index in [-0.39, 0.29) is 42.5 Å². The molecule has 0 aromatic heterocycles. The second-order valence-corrected chi connectivity index (χ2v) is 7.46. The molecular weight excluding hydrogens is 328 g/mol. The second kappa shape index (κ2) is 5.88. The highest BCUT2D eigenvalue weighted by atomic mass is 35.5. The Morgan fingerprint density at radius 2 is 1.83 bits per heavy atom. The molecule has 1 N–H and O–H groups in total. The number of amides is 3. The third-order valence-corrected chi connectivity index (χ3v) is 5.92. The lowest BCUT2D eigenvalue weighted by atomic mass is 9.81. The Balaban J connectivity index is 1.37. The van der Waals surface area contributed by atoms with Crippen LogP contribution in [0.25, 0.3) is 0 Å². The van der Waals surface area contributed by atoms with Crippen molar-refractivity contribution in [2.45, 2.75) is 25.7 Å². The van der Waals surface area contributed by atoms with Crippen LogP contribution in [0.5, 0.6) is 0 Å². The molecule has 3 aliphatic rings. The van der Waals surface area contributed by atoms with Crippen molar-refractivity contribution in [1.82, 2.24) is 4.90 Å². The van der Waals surface area contributed by atoms with Crippen molar-refractivity contribution in [3.8, 4) is 0 Å². The number of benzene rings is 1. The number of carbonyl (C=O) groups excluding carboxylic acids is 3. The fourth-order valence-corrected chi connectivity index (χ4v) is 4.88. The summed E-state index contributed by atoms with van der Waals surface area (Å²) in [5.41, 5.74) is 0.612. The number of halogens is 1. The Bertz CT molecular complexity index is 692. The van der Waals surface area contributed by atoms with Crippen LogP contribution in [0.2, 0.25) is 5.02 Å². The minimum atomic E-state index is -0.224. The largest absolute Gasteiger partial charge is 0.326 e. The van der Waals surface area contributed by atoms with Crippen LogP contribution in [0, 0.1) is 23.7 Å². The van der Waals surface area contributed by atoms with E-state index in [9.17, 15) is 14.4 Å². The maximum atomic E-state index is 12.6. The zero-order valence-electron chi connectivity index (χ0n) is 13.2. The van der Waals surface area contributed by atoms with E-state index in [0.717, 1.165) is 19.3 Å². The Morgan fingerprint density at radius 3 is 2.46 bits per heavy atom. The third kappa shape index (κ3) is 2.51. The van der Waals surface area contributed by atoms with Crippen LogP contribution in [0.4, 0.5) is 5.69 Å². The number of nitrogens with one attached hydrogen (secondary N) is 1. The van der Waals surface area contributed by atoms with Crippen LogP contribution >= 0.6 is 11.6 Å². The number of carbonyl (C=O) groups is 3. The summed E-state index contributed by atoms with van der Waals surface area (Å²) in [6.45, 7) is 0.163. The van der Waals surface area contributed by atoms with Gasteiger partial charge in [-0.05, 0) is 49.3 Å². The molecule has 2 bridgehead atoms. The van der Waals surface area contributed by atoms with Gasteiger partial charge in [0.15, 0.2) is 0 Å². The second-order valence-electron chi connectivity index (χ2n) is 7.02. The number of rotatable bonds is 4. The number of anilines is 1. The van der Waals surface area contributed by atoms with Gasteiger partial charge in [0.25, 0.3) is 0 Å². The Morgan fingerprint density at radius 1 is 1.17 bits per heavy atom. The van der Waals surface area contributed by atoms with Crippen LogP contribution in [-0.2, 0) is 14.4 Å². The highest BCUT2D eigenvalue weighted by Crippen LogP contribution is 2.56. The average molecular weight is 347 g/mol. The first-order valence-corrected chi connectivity index (χ1v) is 8.83. The van der Waals surface area contributed by atoms with Crippen molar-refractivity contribution >= 4 is 35.0 Å². The van der Waals surface area contributed by atoms with Crippen molar-refractivity contribution in [2.75, 3.05) is 11.9 Å². The van der Waals surface area contributed by atoms with Gasteiger partial charge >= 0.3 is 0 Å². The van der Waals surface area contributed by atoms with Crippen molar-refractivity contribution in [3.63, 3.8) is 0 Å². The standard InChI is InChI=1S/C18H19ClN2O3/c19-12-2-1-3-13(9-12)20-14(22)6-7-21-17(23)15-10-4-5-11(8-10)16(15)18(21)24/h1-3,9-11,15-16H,4-8H2,(H,20,22)/t10-,11-,15-,16-/m0/s1. The highest BCUT2D eigenvalue weighted by molar-refractivity contribution is 6.30. The van der Waals surface area contributed by atoms with E-state index < -0.39 is 0 Å². The van der Waals surface area contributed by atoms with Gasteiger partial charge in [0.2, 0.25) is 17.7 Å². The number of imide groups is 1. The first-order chi connectivity index (χ1) is 11.5. The maximum absolute atomic E-state index is 12.6. The quantitative estimate of drug-likeness (QED) is 0.852. The van der Waals surface area contributed by atoms with Crippen LogP contribution < -0.4 is 5.32 Å². The van der Waals surface area contributed by atoms with Crippen molar-refractivity contribution < 1.29 is 14.4 Å². The molecule has 0 spiro atoms. The summed E-state index contributed by atoms with van der Waals surface area (Å²) in [5, 5.41) is 3.29. The van der Waals surface area contributed by atoms with E-state index in [1.54, 1.807) is 24.3 Å². The van der Waals surface area contributed by atoms with E-state index >= 15 is 0 Å². The number of hydrogen-bond acceptors (Lipinski definition) is 3.